The molecule has 1 heterocycles. The van der Waals surface area contributed by atoms with Crippen molar-refractivity contribution in [2.24, 2.45) is 11.7 Å². The molecule has 0 bridgehead atoms. The minimum Gasteiger partial charge on any atom is -0.344 e. The fourth-order valence-electron chi connectivity index (χ4n) is 3.04. The van der Waals surface area contributed by atoms with Gasteiger partial charge in [-0.3, -0.25) is 9.59 Å². The number of nitrogens with two attached hydrogens (primary N) is 1. The van der Waals surface area contributed by atoms with Crippen molar-refractivity contribution in [2.75, 3.05) is 26.7 Å². The topological polar surface area (TPSA) is 66.6 Å². The average Bonchev–Trinajstić information content (AvgIpc) is 2.55. The molecule has 2 N–H and O–H groups in total. The first kappa shape index (κ1) is 14.3. The molecular formula is C14H25N3O2. The van der Waals surface area contributed by atoms with Gasteiger partial charge in [0, 0.05) is 32.6 Å². The molecule has 1 aliphatic carbocycles. The van der Waals surface area contributed by atoms with Crippen LogP contribution in [0, 0.1) is 5.92 Å². The van der Waals surface area contributed by atoms with Crippen molar-refractivity contribution in [2.45, 2.75) is 44.6 Å². The van der Waals surface area contributed by atoms with Crippen LogP contribution < -0.4 is 5.73 Å². The van der Waals surface area contributed by atoms with E-state index in [1.165, 1.54) is 12.8 Å². The van der Waals surface area contributed by atoms with E-state index in [9.17, 15) is 9.59 Å². The molecule has 0 spiro atoms. The highest BCUT2D eigenvalue weighted by molar-refractivity contribution is 5.85. The average molecular weight is 267 g/mol. The number of carbonyl (C=O) groups excluding carboxylic acids is 2. The molecule has 2 atom stereocenters. The van der Waals surface area contributed by atoms with Crippen LogP contribution in [0.25, 0.3) is 0 Å². The van der Waals surface area contributed by atoms with E-state index in [2.05, 4.69) is 0 Å². The third-order valence-electron chi connectivity index (χ3n) is 4.43. The van der Waals surface area contributed by atoms with Gasteiger partial charge in [0.05, 0.1) is 6.54 Å². The van der Waals surface area contributed by atoms with Gasteiger partial charge in [0.2, 0.25) is 11.8 Å². The molecule has 2 rings (SSSR count). The van der Waals surface area contributed by atoms with Gasteiger partial charge in [0.1, 0.15) is 0 Å². The number of amides is 2. The van der Waals surface area contributed by atoms with Gasteiger partial charge in [-0.15, -0.1) is 0 Å². The van der Waals surface area contributed by atoms with E-state index in [1.807, 2.05) is 0 Å². The maximum absolute atomic E-state index is 12.3. The Bertz CT molecular complexity index is 346. The van der Waals surface area contributed by atoms with Crippen LogP contribution in [0.15, 0.2) is 0 Å². The molecule has 1 saturated carbocycles. The van der Waals surface area contributed by atoms with Crippen molar-refractivity contribution in [3.63, 3.8) is 0 Å². The molecule has 0 aromatic carbocycles. The second kappa shape index (κ2) is 6.37. The lowest BCUT2D eigenvalue weighted by atomic mass is 9.82. The van der Waals surface area contributed by atoms with E-state index in [0.717, 1.165) is 25.8 Å². The van der Waals surface area contributed by atoms with E-state index < -0.39 is 0 Å². The molecule has 0 radical (unpaired) electrons. The normalized spacial score (nSPS) is 29.3. The minimum atomic E-state index is 0.0405. The maximum atomic E-state index is 12.3. The summed E-state index contributed by atoms with van der Waals surface area (Å²) < 4.78 is 0. The van der Waals surface area contributed by atoms with Crippen molar-refractivity contribution >= 4 is 11.8 Å². The van der Waals surface area contributed by atoms with Crippen molar-refractivity contribution in [3.05, 3.63) is 0 Å². The Hall–Kier alpha value is -1.10. The Morgan fingerprint density at radius 1 is 1.26 bits per heavy atom. The van der Waals surface area contributed by atoms with Gasteiger partial charge < -0.3 is 15.5 Å². The smallest absolute Gasteiger partial charge is 0.241 e. The zero-order valence-electron chi connectivity index (χ0n) is 11.8. The predicted molar refractivity (Wildman–Crippen MR) is 73.4 cm³/mol. The summed E-state index contributed by atoms with van der Waals surface area (Å²) in [4.78, 5) is 27.5. The summed E-state index contributed by atoms with van der Waals surface area (Å²) in [5.74, 6) is 0.446. The van der Waals surface area contributed by atoms with Crippen LogP contribution in [-0.4, -0.2) is 54.3 Å². The largest absolute Gasteiger partial charge is 0.344 e. The minimum absolute atomic E-state index is 0.0405. The summed E-state index contributed by atoms with van der Waals surface area (Å²) in [6.45, 7) is 1.67. The summed E-state index contributed by atoms with van der Waals surface area (Å²) in [6, 6.07) is 0.156. The SMILES string of the molecule is CN1CCCN(C(=O)CC2CCCCC2N)CC1=O. The Morgan fingerprint density at radius 2 is 2.00 bits per heavy atom. The zero-order valence-corrected chi connectivity index (χ0v) is 11.8. The van der Waals surface area contributed by atoms with E-state index >= 15 is 0 Å². The van der Waals surface area contributed by atoms with Crippen molar-refractivity contribution in [3.8, 4) is 0 Å². The number of hydrogen-bond acceptors (Lipinski definition) is 3. The summed E-state index contributed by atoms with van der Waals surface area (Å²) >= 11 is 0. The van der Waals surface area contributed by atoms with Crippen LogP contribution in [0.2, 0.25) is 0 Å². The zero-order chi connectivity index (χ0) is 13.8. The first-order valence-electron chi connectivity index (χ1n) is 7.35. The first-order valence-corrected chi connectivity index (χ1v) is 7.35. The van der Waals surface area contributed by atoms with Crippen LogP contribution in [-0.2, 0) is 9.59 Å². The first-order chi connectivity index (χ1) is 9.08. The molecular weight excluding hydrogens is 242 g/mol. The summed E-state index contributed by atoms with van der Waals surface area (Å²) in [6.07, 6.45) is 5.81. The Balaban J connectivity index is 1.89. The van der Waals surface area contributed by atoms with Crippen LogP contribution >= 0.6 is 0 Å². The molecule has 5 nitrogen and oxygen atoms in total. The molecule has 1 aliphatic heterocycles. The number of nitrogens with zero attached hydrogens (tertiary/aromatic N) is 2. The van der Waals surface area contributed by atoms with E-state index in [4.69, 9.17) is 5.73 Å². The molecule has 0 aromatic rings. The van der Waals surface area contributed by atoms with E-state index in [0.29, 0.717) is 18.9 Å². The maximum Gasteiger partial charge on any atom is 0.241 e. The van der Waals surface area contributed by atoms with Gasteiger partial charge in [-0.25, -0.2) is 0 Å². The molecule has 1 saturated heterocycles. The highest BCUT2D eigenvalue weighted by Crippen LogP contribution is 2.26. The summed E-state index contributed by atoms with van der Waals surface area (Å²) in [5.41, 5.74) is 6.09. The second-order valence-corrected chi connectivity index (χ2v) is 5.90. The lowest BCUT2D eigenvalue weighted by molar-refractivity contribution is -0.138. The van der Waals surface area contributed by atoms with Crippen LogP contribution in [0.4, 0.5) is 0 Å². The summed E-state index contributed by atoms with van der Waals surface area (Å²) in [7, 11) is 1.80. The summed E-state index contributed by atoms with van der Waals surface area (Å²) in [5, 5.41) is 0. The van der Waals surface area contributed by atoms with Gasteiger partial charge in [0.15, 0.2) is 0 Å². The molecule has 2 unspecified atom stereocenters. The highest BCUT2D eigenvalue weighted by atomic mass is 16.2. The fourth-order valence-corrected chi connectivity index (χ4v) is 3.04. The number of carbonyl (C=O) groups is 2. The third-order valence-corrected chi connectivity index (χ3v) is 4.43. The standard InChI is InChI=1S/C14H25N3O2/c1-16-7-4-8-17(10-14(16)19)13(18)9-11-5-2-3-6-12(11)15/h11-12H,2-10,15H2,1H3. The van der Waals surface area contributed by atoms with Gasteiger partial charge in [-0.2, -0.15) is 0 Å². The van der Waals surface area contributed by atoms with Gasteiger partial charge in [-0.05, 0) is 25.2 Å². The Labute approximate surface area is 115 Å². The van der Waals surface area contributed by atoms with Crippen LogP contribution in [0.1, 0.15) is 38.5 Å². The lowest BCUT2D eigenvalue weighted by Crippen LogP contribution is -2.41. The molecule has 108 valence electrons. The molecule has 0 aromatic heterocycles. The highest BCUT2D eigenvalue weighted by Gasteiger charge is 2.28. The van der Waals surface area contributed by atoms with E-state index in [-0.39, 0.29) is 24.4 Å². The fraction of sp³-hybridized carbons (Fsp3) is 0.857. The Morgan fingerprint density at radius 3 is 2.74 bits per heavy atom. The number of rotatable bonds is 2. The molecule has 2 aliphatic rings. The second-order valence-electron chi connectivity index (χ2n) is 5.90. The molecule has 19 heavy (non-hydrogen) atoms. The lowest BCUT2D eigenvalue weighted by Gasteiger charge is -2.30. The number of hydrogen-bond donors (Lipinski definition) is 1. The quantitative estimate of drug-likeness (QED) is 0.796. The van der Waals surface area contributed by atoms with Crippen molar-refractivity contribution in [1.29, 1.82) is 0 Å². The van der Waals surface area contributed by atoms with Crippen LogP contribution in [0.5, 0.6) is 0 Å². The third kappa shape index (κ3) is 3.69. The van der Waals surface area contributed by atoms with Gasteiger partial charge >= 0.3 is 0 Å². The monoisotopic (exact) mass is 267 g/mol. The van der Waals surface area contributed by atoms with Crippen molar-refractivity contribution < 1.29 is 9.59 Å². The van der Waals surface area contributed by atoms with Gasteiger partial charge in [-0.1, -0.05) is 12.8 Å². The van der Waals surface area contributed by atoms with Crippen molar-refractivity contribution in [1.82, 2.24) is 9.80 Å². The van der Waals surface area contributed by atoms with Crippen LogP contribution in [0.3, 0.4) is 0 Å². The van der Waals surface area contributed by atoms with E-state index in [1.54, 1.807) is 16.8 Å². The number of likely N-dealkylation sites (N-methyl/N-ethyl adjacent to an activating group) is 1. The Kier molecular flexibility index (Phi) is 4.80. The molecule has 2 fully saturated rings. The molecule has 2 amide bonds. The van der Waals surface area contributed by atoms with Gasteiger partial charge in [0.25, 0.3) is 0 Å². The predicted octanol–water partition coefficient (Wildman–Crippen LogP) is 0.585. The molecule has 5 heteroatoms.